The zero-order valence-electron chi connectivity index (χ0n) is 29.5. The Hall–Kier alpha value is -5.70. The quantitative estimate of drug-likeness (QED) is 0.112. The third-order valence-electron chi connectivity index (χ3n) is 8.99. The number of hydrogen-bond donors (Lipinski definition) is 0. The Morgan fingerprint density at radius 3 is 0.763 bits per heavy atom. The minimum atomic E-state index is -1.97. The smallest absolute Gasteiger partial charge is 0.299 e. The largest absolute Gasteiger partial charge is 2.00 e. The average molecular weight is 1160 g/mol. The predicted octanol–water partition coefficient (Wildman–Crippen LogP) is 10.6. The molecule has 0 saturated carbocycles. The summed E-state index contributed by atoms with van der Waals surface area (Å²) in [7, 11) is 0. The van der Waals surface area contributed by atoms with Crippen molar-refractivity contribution >= 4 is 0 Å². The molecule has 0 fully saturated rings. The van der Waals surface area contributed by atoms with Crippen LogP contribution in [-0.4, -0.2) is 19.9 Å². The van der Waals surface area contributed by atoms with E-state index in [-0.39, 0.29) is 110 Å². The first-order chi connectivity index (χ1) is 27.5. The molecule has 8 aromatic rings. The van der Waals surface area contributed by atoms with E-state index in [1.165, 1.54) is 72.8 Å². The molecule has 0 unspecified atom stereocenters. The second-order valence-electron chi connectivity index (χ2n) is 12.5. The van der Waals surface area contributed by atoms with E-state index in [0.29, 0.717) is 24.3 Å². The Morgan fingerprint density at radius 2 is 0.559 bits per heavy atom. The van der Waals surface area contributed by atoms with Crippen molar-refractivity contribution in [3.8, 4) is 45.0 Å². The molecule has 0 aliphatic heterocycles. The van der Waals surface area contributed by atoms with Gasteiger partial charge in [0.15, 0.2) is 0 Å². The molecule has 0 spiro atoms. The molecule has 8 rings (SSSR count). The maximum absolute atomic E-state index is 15.3. The summed E-state index contributed by atoms with van der Waals surface area (Å²) in [6, 6.07) is 34.4. The van der Waals surface area contributed by atoms with E-state index < -0.39 is 52.0 Å². The fraction of sp³-hybridized carbons (Fsp3) is 0.0222. The second kappa shape index (κ2) is 17.7. The molecule has 0 aliphatic rings. The number of aromatic nitrogens is 4. The topological polar surface area (TPSA) is 51.6 Å². The van der Waals surface area contributed by atoms with Gasteiger partial charge in [-0.1, -0.05) is 95.1 Å². The number of benzene rings is 4. The van der Waals surface area contributed by atoms with E-state index in [2.05, 4.69) is 24.3 Å². The molecule has 0 N–H and O–H groups in total. The maximum Gasteiger partial charge on any atom is 2.00 e. The first-order valence-corrected chi connectivity index (χ1v) is 16.9. The summed E-state index contributed by atoms with van der Waals surface area (Å²) in [6.07, 6.45) is 0. The zero-order valence-corrected chi connectivity index (χ0v) is 34.0. The van der Waals surface area contributed by atoms with Crippen LogP contribution in [0.25, 0.3) is 45.0 Å². The van der Waals surface area contributed by atoms with Gasteiger partial charge in [0.25, 0.3) is 0 Å². The van der Waals surface area contributed by atoms with Crippen LogP contribution in [0.4, 0.5) is 35.1 Å². The zero-order chi connectivity index (χ0) is 39.8. The molecule has 0 amide bonds. The molecule has 4 heterocycles. The number of rotatable bonds is 8. The first-order valence-electron chi connectivity index (χ1n) is 16.9. The molecule has 14 heteroatoms. The van der Waals surface area contributed by atoms with Crippen LogP contribution in [0.15, 0.2) is 121 Å². The first kappa shape index (κ1) is 42.9. The number of halogens is 8. The van der Waals surface area contributed by atoms with Gasteiger partial charge in [-0.05, 0) is 47.0 Å². The minimum absolute atomic E-state index is 0. The van der Waals surface area contributed by atoms with Gasteiger partial charge in [-0.25, -0.2) is 0 Å². The van der Waals surface area contributed by atoms with Gasteiger partial charge in [0, 0.05) is 46.5 Å². The summed E-state index contributed by atoms with van der Waals surface area (Å²) in [6.45, 7) is 0. The average Bonchev–Trinajstić information content (AvgIpc) is 3.19. The molecule has 59 heavy (non-hydrogen) atoms. The molecular formula is C45H20F8N4Pt2. The van der Waals surface area contributed by atoms with E-state index in [0.717, 1.165) is 24.3 Å². The van der Waals surface area contributed by atoms with Crippen molar-refractivity contribution in [3.05, 3.63) is 215 Å². The van der Waals surface area contributed by atoms with Crippen LogP contribution in [0.3, 0.4) is 0 Å². The van der Waals surface area contributed by atoms with E-state index in [9.17, 15) is 17.6 Å². The number of pyridine rings is 4. The van der Waals surface area contributed by atoms with Crippen LogP contribution in [0.1, 0.15) is 22.8 Å². The molecule has 0 bridgehead atoms. The molecular weight excluding hydrogens is 1140 g/mol. The van der Waals surface area contributed by atoms with Crippen molar-refractivity contribution in [3.63, 3.8) is 0 Å². The van der Waals surface area contributed by atoms with Crippen LogP contribution >= 0.6 is 0 Å². The van der Waals surface area contributed by atoms with Crippen molar-refractivity contribution in [2.45, 2.75) is 5.41 Å². The summed E-state index contributed by atoms with van der Waals surface area (Å²) in [5.74, 6) is -7.49. The fourth-order valence-corrected chi connectivity index (χ4v) is 6.48. The van der Waals surface area contributed by atoms with Gasteiger partial charge in [-0.2, -0.15) is 0 Å². The summed E-state index contributed by atoms with van der Waals surface area (Å²) in [4.78, 5) is 19.3. The standard InChI is InChI=1S/C45H20F8N4.2Pt/c46-25-13-17-29(33(50)21-25)37-5-1-9-41(54-37)45(42-10-2-6-38(55-42)30-18-14-26(47)22-34(30)51,43-11-3-7-39(56-43)31-19-15-27(48)23-35(31)52)44-12-4-8-40(57-44)32-20-16-28(49)24-36(32)53;;/h1-16,21-24H;;/q-4;2*+2. The minimum Gasteiger partial charge on any atom is -0.299 e. The summed E-state index contributed by atoms with van der Waals surface area (Å²) < 4.78 is 117. The SMILES string of the molecule is Fc1c[c-]c(-c2cccc(C(c3cccc(-c4[c-]cc(F)cc4F)n3)(c3cccc(-c4[c-]cc(F)cc4F)n3)c3cccc(-c4[c-]cc(F)cc4F)n3)n2)c(F)c1.[Pt+2].[Pt+2]. The molecule has 4 aromatic carbocycles. The number of hydrogen-bond acceptors (Lipinski definition) is 4. The van der Waals surface area contributed by atoms with Gasteiger partial charge in [0.2, 0.25) is 0 Å². The van der Waals surface area contributed by atoms with Crippen molar-refractivity contribution in [1.82, 2.24) is 19.9 Å². The van der Waals surface area contributed by atoms with E-state index >= 15 is 17.6 Å². The summed E-state index contributed by atoms with van der Waals surface area (Å²) >= 11 is 0. The van der Waals surface area contributed by atoms with Crippen LogP contribution in [0, 0.1) is 70.8 Å². The van der Waals surface area contributed by atoms with Gasteiger partial charge in [-0.15, -0.1) is 48.5 Å². The van der Waals surface area contributed by atoms with Crippen LogP contribution < -0.4 is 0 Å². The Kier molecular flexibility index (Phi) is 12.8. The van der Waals surface area contributed by atoms with Gasteiger partial charge >= 0.3 is 42.1 Å². The van der Waals surface area contributed by atoms with Crippen molar-refractivity contribution in [1.29, 1.82) is 0 Å². The molecule has 0 radical (unpaired) electrons. The predicted molar refractivity (Wildman–Crippen MR) is 193 cm³/mol. The van der Waals surface area contributed by atoms with E-state index in [4.69, 9.17) is 19.9 Å². The molecule has 4 nitrogen and oxygen atoms in total. The maximum atomic E-state index is 15.3. The van der Waals surface area contributed by atoms with E-state index in [1.54, 1.807) is 0 Å². The Morgan fingerprint density at radius 1 is 0.339 bits per heavy atom. The van der Waals surface area contributed by atoms with Crippen molar-refractivity contribution in [2.75, 3.05) is 0 Å². The van der Waals surface area contributed by atoms with Crippen molar-refractivity contribution < 1.29 is 77.3 Å². The summed E-state index contributed by atoms with van der Waals surface area (Å²) in [5.41, 5.74) is -2.90. The normalized spacial score (nSPS) is 11.1. The third-order valence-corrected chi connectivity index (χ3v) is 8.99. The molecule has 0 saturated heterocycles. The van der Waals surface area contributed by atoms with Crippen LogP contribution in [0.2, 0.25) is 0 Å². The molecule has 4 aromatic heterocycles. The summed E-state index contributed by atoms with van der Waals surface area (Å²) in [5, 5.41) is 0. The van der Waals surface area contributed by atoms with Crippen molar-refractivity contribution in [2.24, 2.45) is 0 Å². The van der Waals surface area contributed by atoms with Gasteiger partial charge in [0.05, 0.1) is 22.8 Å². The Bertz CT molecular complexity index is 2460. The molecule has 0 aliphatic carbocycles. The Balaban J connectivity index is 0.00000293. The molecule has 0 atom stereocenters. The van der Waals surface area contributed by atoms with Gasteiger partial charge in [-0.3, -0.25) is 55.1 Å². The second-order valence-corrected chi connectivity index (χ2v) is 12.5. The van der Waals surface area contributed by atoms with Gasteiger partial charge < -0.3 is 0 Å². The molecule has 296 valence electrons. The van der Waals surface area contributed by atoms with Crippen LogP contribution in [-0.2, 0) is 47.5 Å². The van der Waals surface area contributed by atoms with Crippen LogP contribution in [0.5, 0.6) is 0 Å². The number of nitrogens with zero attached hydrogens (tertiary/aromatic N) is 4. The Labute approximate surface area is 360 Å². The van der Waals surface area contributed by atoms with E-state index in [1.807, 2.05) is 0 Å². The van der Waals surface area contributed by atoms with Gasteiger partial charge in [0.1, 0.15) is 5.41 Å². The fourth-order valence-electron chi connectivity index (χ4n) is 6.48. The monoisotopic (exact) mass is 1160 g/mol. The third kappa shape index (κ3) is 8.29.